The van der Waals surface area contributed by atoms with Gasteiger partial charge in [-0.25, -0.2) is 8.42 Å². The minimum atomic E-state index is -4.18. The molecule has 0 saturated carbocycles. The summed E-state index contributed by atoms with van der Waals surface area (Å²) in [5.74, 6) is -0.373. The normalized spacial score (nSPS) is 12.5. The summed E-state index contributed by atoms with van der Waals surface area (Å²) >= 11 is 0. The van der Waals surface area contributed by atoms with Gasteiger partial charge < -0.3 is 15.0 Å². The highest BCUT2D eigenvalue weighted by Gasteiger charge is 2.35. The van der Waals surface area contributed by atoms with E-state index in [1.54, 1.807) is 42.5 Å². The van der Waals surface area contributed by atoms with Gasteiger partial charge in [0.1, 0.15) is 18.3 Å². The summed E-state index contributed by atoms with van der Waals surface area (Å²) in [5.41, 5.74) is 1.96. The molecule has 2 amide bonds. The van der Waals surface area contributed by atoms with E-state index < -0.39 is 28.5 Å². The highest BCUT2D eigenvalue weighted by atomic mass is 32.2. The lowest BCUT2D eigenvalue weighted by atomic mass is 10.0. The van der Waals surface area contributed by atoms with Crippen LogP contribution in [0.1, 0.15) is 31.4 Å². The first-order valence-electron chi connectivity index (χ1n) is 14.6. The molecule has 2 unspecified atom stereocenters. The number of hydrogen-bond donors (Lipinski definition) is 1. The molecule has 4 aromatic rings. The number of anilines is 1. The van der Waals surface area contributed by atoms with Crippen molar-refractivity contribution in [2.75, 3.05) is 18.0 Å². The molecule has 0 bridgehead atoms. The van der Waals surface area contributed by atoms with Gasteiger partial charge >= 0.3 is 0 Å². The highest BCUT2D eigenvalue weighted by Crippen LogP contribution is 2.28. The van der Waals surface area contributed by atoms with E-state index in [4.69, 9.17) is 4.74 Å². The lowest BCUT2D eigenvalue weighted by Gasteiger charge is -2.34. The quantitative estimate of drug-likeness (QED) is 0.204. The summed E-state index contributed by atoms with van der Waals surface area (Å²) in [5, 5.41) is 3.05. The number of carbonyl (C=O) groups excluding carboxylic acids is 2. The molecule has 44 heavy (non-hydrogen) atoms. The fourth-order valence-electron chi connectivity index (χ4n) is 4.79. The molecule has 9 heteroatoms. The van der Waals surface area contributed by atoms with E-state index in [0.717, 1.165) is 21.9 Å². The largest absolute Gasteiger partial charge is 0.497 e. The maximum absolute atomic E-state index is 14.5. The predicted octanol–water partition coefficient (Wildman–Crippen LogP) is 5.45. The van der Waals surface area contributed by atoms with Gasteiger partial charge in [0.05, 0.1) is 17.7 Å². The van der Waals surface area contributed by atoms with Crippen LogP contribution in [0.5, 0.6) is 5.75 Å². The van der Waals surface area contributed by atoms with Crippen LogP contribution in [0.25, 0.3) is 0 Å². The molecular weight excluding hydrogens is 574 g/mol. The molecule has 230 valence electrons. The molecule has 4 rings (SSSR count). The third-order valence-electron chi connectivity index (χ3n) is 7.42. The van der Waals surface area contributed by atoms with E-state index in [0.29, 0.717) is 5.75 Å². The van der Waals surface area contributed by atoms with Gasteiger partial charge in [-0.1, -0.05) is 91.9 Å². The van der Waals surface area contributed by atoms with Gasteiger partial charge in [-0.05, 0) is 48.7 Å². The molecule has 0 saturated heterocycles. The van der Waals surface area contributed by atoms with Gasteiger partial charge in [0, 0.05) is 25.1 Å². The van der Waals surface area contributed by atoms with Crippen molar-refractivity contribution in [2.24, 2.45) is 0 Å². The summed E-state index contributed by atoms with van der Waals surface area (Å²) in [6.45, 7) is 3.48. The van der Waals surface area contributed by atoms with E-state index in [9.17, 15) is 18.0 Å². The SMILES string of the molecule is CCC(C)NC(=O)C(Cc1ccccc1)N(Cc1ccccc1)C(=O)CN(c1cccc(OC)c1)S(=O)(=O)c1ccccc1. The zero-order valence-electron chi connectivity index (χ0n) is 25.3. The van der Waals surface area contributed by atoms with E-state index in [1.807, 2.05) is 74.5 Å². The Morgan fingerprint density at radius 3 is 2.00 bits per heavy atom. The summed E-state index contributed by atoms with van der Waals surface area (Å²) in [6.07, 6.45) is 0.974. The maximum Gasteiger partial charge on any atom is 0.264 e. The molecule has 0 aliphatic rings. The van der Waals surface area contributed by atoms with Crippen LogP contribution in [-0.2, 0) is 32.6 Å². The van der Waals surface area contributed by atoms with Crippen molar-refractivity contribution in [2.45, 2.75) is 50.2 Å². The van der Waals surface area contributed by atoms with Crippen LogP contribution in [-0.4, -0.2) is 50.9 Å². The number of benzene rings is 4. The Morgan fingerprint density at radius 2 is 1.41 bits per heavy atom. The first-order chi connectivity index (χ1) is 21.2. The molecule has 2 atom stereocenters. The smallest absolute Gasteiger partial charge is 0.264 e. The molecule has 0 aliphatic heterocycles. The van der Waals surface area contributed by atoms with Crippen LogP contribution >= 0.6 is 0 Å². The third-order valence-corrected chi connectivity index (χ3v) is 9.21. The number of ether oxygens (including phenoxy) is 1. The minimum Gasteiger partial charge on any atom is -0.497 e. The number of rotatable bonds is 14. The number of amides is 2. The van der Waals surface area contributed by atoms with Gasteiger partial charge in [0.25, 0.3) is 10.0 Å². The van der Waals surface area contributed by atoms with Gasteiger partial charge in [0.2, 0.25) is 11.8 Å². The Kier molecular flexibility index (Phi) is 11.2. The van der Waals surface area contributed by atoms with Crippen LogP contribution in [0.2, 0.25) is 0 Å². The topological polar surface area (TPSA) is 96.0 Å². The minimum absolute atomic E-state index is 0.0422. The Balaban J connectivity index is 1.80. The Morgan fingerprint density at radius 1 is 0.818 bits per heavy atom. The molecule has 0 aliphatic carbocycles. The second kappa shape index (κ2) is 15.2. The van der Waals surface area contributed by atoms with Crippen molar-refractivity contribution in [1.29, 1.82) is 0 Å². The van der Waals surface area contributed by atoms with Crippen LogP contribution in [0.4, 0.5) is 5.69 Å². The zero-order valence-corrected chi connectivity index (χ0v) is 26.1. The van der Waals surface area contributed by atoms with Crippen LogP contribution in [0.15, 0.2) is 120 Å². The fourth-order valence-corrected chi connectivity index (χ4v) is 6.22. The number of carbonyl (C=O) groups is 2. The van der Waals surface area contributed by atoms with Crippen molar-refractivity contribution >= 4 is 27.5 Å². The number of nitrogens with zero attached hydrogens (tertiary/aromatic N) is 2. The standard InChI is InChI=1S/C35H39N3O5S/c1-4-27(2)36-35(40)33(23-28-15-8-5-9-16-28)37(25-29-17-10-6-11-18-29)34(39)26-38(30-19-14-20-31(24-30)43-3)44(41,42)32-21-12-7-13-22-32/h5-22,24,27,33H,4,23,25-26H2,1-3H3,(H,36,40). The first-order valence-corrected chi connectivity index (χ1v) is 16.1. The van der Waals surface area contributed by atoms with E-state index in [1.165, 1.54) is 24.1 Å². The molecule has 0 radical (unpaired) electrons. The predicted molar refractivity (Wildman–Crippen MR) is 173 cm³/mol. The Labute approximate surface area is 260 Å². The zero-order chi connectivity index (χ0) is 31.5. The summed E-state index contributed by atoms with van der Waals surface area (Å²) < 4.78 is 34.6. The van der Waals surface area contributed by atoms with Crippen LogP contribution in [0.3, 0.4) is 0 Å². The number of methoxy groups -OCH3 is 1. The molecular formula is C35H39N3O5S. The van der Waals surface area contributed by atoms with E-state index >= 15 is 0 Å². The maximum atomic E-state index is 14.5. The Hall–Kier alpha value is -4.63. The summed E-state index contributed by atoms with van der Waals surface area (Å²) in [6, 6.07) is 32.4. The van der Waals surface area contributed by atoms with Gasteiger partial charge in [0.15, 0.2) is 0 Å². The van der Waals surface area contributed by atoms with Gasteiger partial charge in [-0.3, -0.25) is 13.9 Å². The average Bonchev–Trinajstić information content (AvgIpc) is 3.06. The molecule has 8 nitrogen and oxygen atoms in total. The van der Waals surface area contributed by atoms with E-state index in [-0.39, 0.29) is 35.5 Å². The summed E-state index contributed by atoms with van der Waals surface area (Å²) in [4.78, 5) is 29.9. The van der Waals surface area contributed by atoms with Crippen molar-refractivity contribution in [3.05, 3.63) is 126 Å². The molecule has 4 aromatic carbocycles. The molecule has 0 heterocycles. The molecule has 0 fully saturated rings. The first kappa shape index (κ1) is 32.3. The number of nitrogens with one attached hydrogen (secondary N) is 1. The monoisotopic (exact) mass is 613 g/mol. The lowest BCUT2D eigenvalue weighted by Crippen LogP contribution is -2.54. The number of sulfonamides is 1. The van der Waals surface area contributed by atoms with Crippen molar-refractivity contribution in [3.8, 4) is 5.75 Å². The summed E-state index contributed by atoms with van der Waals surface area (Å²) in [7, 11) is -2.69. The highest BCUT2D eigenvalue weighted by molar-refractivity contribution is 7.92. The second-order valence-electron chi connectivity index (χ2n) is 10.6. The van der Waals surface area contributed by atoms with E-state index in [2.05, 4.69) is 5.32 Å². The van der Waals surface area contributed by atoms with Crippen molar-refractivity contribution in [1.82, 2.24) is 10.2 Å². The number of hydrogen-bond acceptors (Lipinski definition) is 5. The average molecular weight is 614 g/mol. The Bertz CT molecular complexity index is 1620. The van der Waals surface area contributed by atoms with Gasteiger partial charge in [-0.15, -0.1) is 0 Å². The third kappa shape index (κ3) is 8.26. The van der Waals surface area contributed by atoms with Crippen LogP contribution in [0, 0.1) is 0 Å². The molecule has 0 spiro atoms. The van der Waals surface area contributed by atoms with Gasteiger partial charge in [-0.2, -0.15) is 0 Å². The lowest BCUT2D eigenvalue weighted by molar-refractivity contribution is -0.140. The van der Waals surface area contributed by atoms with Crippen molar-refractivity contribution < 1.29 is 22.7 Å². The fraction of sp³-hybridized carbons (Fsp3) is 0.257. The van der Waals surface area contributed by atoms with Crippen LogP contribution < -0.4 is 14.4 Å². The molecule has 1 N–H and O–H groups in total. The van der Waals surface area contributed by atoms with Crippen molar-refractivity contribution in [3.63, 3.8) is 0 Å². The molecule has 0 aromatic heterocycles. The second-order valence-corrected chi connectivity index (χ2v) is 12.4.